The number of hydrogen-bond donors (Lipinski definition) is 3. The molecule has 0 radical (unpaired) electrons. The molecule has 1 aromatic carbocycles. The molecule has 2 aliphatic rings. The first-order chi connectivity index (χ1) is 11.2. The van der Waals surface area contributed by atoms with Crippen molar-refractivity contribution in [1.29, 1.82) is 0 Å². The monoisotopic (exact) mass is 447 g/mol. The summed E-state index contributed by atoms with van der Waals surface area (Å²) >= 11 is 0. The summed E-state index contributed by atoms with van der Waals surface area (Å²) in [6.45, 7) is 4.18. The number of guanidine groups is 1. The molecule has 1 fully saturated rings. The standard InChI is InChI=1S/C17H25N3O3.HI/c1-2-18-16(20-11-17(21)7-3-4-8-17)19-10-13-5-6-14-15(9-13)23-12-22-14;/h5-6,9,21H,2-4,7-8,10-12H2,1H3,(H2,18,19,20);1H. The van der Waals surface area contributed by atoms with Gasteiger partial charge in [0.1, 0.15) is 0 Å². The van der Waals surface area contributed by atoms with Crippen LogP contribution < -0.4 is 20.1 Å². The molecule has 0 unspecified atom stereocenters. The van der Waals surface area contributed by atoms with E-state index in [-0.39, 0.29) is 30.8 Å². The molecular formula is C17H26IN3O3. The summed E-state index contributed by atoms with van der Waals surface area (Å²) in [7, 11) is 0. The fraction of sp³-hybridized carbons (Fsp3) is 0.588. The van der Waals surface area contributed by atoms with Gasteiger partial charge in [0, 0.05) is 13.1 Å². The molecule has 0 aromatic heterocycles. The zero-order valence-corrected chi connectivity index (χ0v) is 16.3. The summed E-state index contributed by atoms with van der Waals surface area (Å²) in [5.74, 6) is 2.28. The van der Waals surface area contributed by atoms with Crippen LogP contribution in [-0.2, 0) is 6.54 Å². The Bertz CT molecular complexity index is 574. The van der Waals surface area contributed by atoms with Crippen molar-refractivity contribution in [3.8, 4) is 11.5 Å². The molecule has 24 heavy (non-hydrogen) atoms. The molecule has 0 spiro atoms. The summed E-state index contributed by atoms with van der Waals surface area (Å²) in [6.07, 6.45) is 3.93. The van der Waals surface area contributed by atoms with E-state index in [0.29, 0.717) is 13.1 Å². The van der Waals surface area contributed by atoms with Crippen LogP contribution in [0.25, 0.3) is 0 Å². The first kappa shape index (κ1) is 19.1. The first-order valence-electron chi connectivity index (χ1n) is 8.32. The average molecular weight is 447 g/mol. The highest BCUT2D eigenvalue weighted by molar-refractivity contribution is 14.0. The number of nitrogens with one attached hydrogen (secondary N) is 2. The number of aliphatic hydroxyl groups is 1. The highest BCUT2D eigenvalue weighted by atomic mass is 127. The number of fused-ring (bicyclic) bond motifs is 1. The molecule has 1 heterocycles. The maximum Gasteiger partial charge on any atom is 0.231 e. The Morgan fingerprint density at radius 2 is 1.96 bits per heavy atom. The maximum absolute atomic E-state index is 10.4. The fourth-order valence-electron chi connectivity index (χ4n) is 3.01. The van der Waals surface area contributed by atoms with Gasteiger partial charge in [-0.1, -0.05) is 18.9 Å². The minimum atomic E-state index is -0.588. The van der Waals surface area contributed by atoms with Gasteiger partial charge in [-0.15, -0.1) is 24.0 Å². The zero-order valence-electron chi connectivity index (χ0n) is 14.0. The SMILES string of the molecule is CCNC(=NCc1ccc2c(c1)OCO2)NCC1(O)CCCC1.I. The molecule has 134 valence electrons. The lowest BCUT2D eigenvalue weighted by atomic mass is 10.0. The zero-order chi connectivity index (χ0) is 16.1. The van der Waals surface area contributed by atoms with Crippen molar-refractivity contribution in [2.24, 2.45) is 4.99 Å². The molecule has 0 bridgehead atoms. The number of ether oxygens (including phenoxy) is 2. The van der Waals surface area contributed by atoms with Crippen LogP contribution in [0.15, 0.2) is 23.2 Å². The van der Waals surface area contributed by atoms with Gasteiger partial charge in [-0.2, -0.15) is 0 Å². The van der Waals surface area contributed by atoms with Crippen molar-refractivity contribution in [3.63, 3.8) is 0 Å². The number of nitrogens with zero attached hydrogens (tertiary/aromatic N) is 1. The molecule has 1 aliphatic carbocycles. The number of hydrogen-bond acceptors (Lipinski definition) is 4. The van der Waals surface area contributed by atoms with Gasteiger partial charge in [0.25, 0.3) is 0 Å². The van der Waals surface area contributed by atoms with Gasteiger partial charge in [-0.05, 0) is 37.5 Å². The molecular weight excluding hydrogens is 421 g/mol. The minimum absolute atomic E-state index is 0. The quantitative estimate of drug-likeness (QED) is 0.367. The second-order valence-electron chi connectivity index (χ2n) is 6.17. The Kier molecular flexibility index (Phi) is 6.97. The molecule has 7 heteroatoms. The van der Waals surface area contributed by atoms with Crippen LogP contribution in [0.4, 0.5) is 0 Å². The molecule has 1 aromatic rings. The third-order valence-corrected chi connectivity index (χ3v) is 4.32. The van der Waals surface area contributed by atoms with E-state index in [0.717, 1.165) is 55.3 Å². The topological polar surface area (TPSA) is 75.1 Å². The second-order valence-corrected chi connectivity index (χ2v) is 6.17. The Balaban J connectivity index is 0.00000208. The van der Waals surface area contributed by atoms with E-state index < -0.39 is 5.60 Å². The van der Waals surface area contributed by atoms with Crippen LogP contribution in [0.1, 0.15) is 38.2 Å². The lowest BCUT2D eigenvalue weighted by molar-refractivity contribution is 0.0522. The predicted molar refractivity (Wildman–Crippen MR) is 104 cm³/mol. The number of rotatable bonds is 5. The first-order valence-corrected chi connectivity index (χ1v) is 8.32. The third kappa shape index (κ3) is 4.89. The summed E-state index contributed by atoms with van der Waals surface area (Å²) < 4.78 is 10.7. The average Bonchev–Trinajstić information content (AvgIpc) is 3.19. The van der Waals surface area contributed by atoms with Gasteiger partial charge in [-0.3, -0.25) is 0 Å². The molecule has 0 atom stereocenters. The van der Waals surface area contributed by atoms with E-state index in [4.69, 9.17) is 9.47 Å². The maximum atomic E-state index is 10.4. The molecule has 1 aliphatic heterocycles. The predicted octanol–water partition coefficient (Wildman–Crippen LogP) is 2.39. The van der Waals surface area contributed by atoms with Gasteiger partial charge in [0.2, 0.25) is 6.79 Å². The van der Waals surface area contributed by atoms with Crippen LogP contribution in [0, 0.1) is 0 Å². The second kappa shape index (κ2) is 8.75. The number of benzene rings is 1. The van der Waals surface area contributed by atoms with E-state index >= 15 is 0 Å². The van der Waals surface area contributed by atoms with Crippen molar-refractivity contribution in [1.82, 2.24) is 10.6 Å². The summed E-state index contributed by atoms with van der Waals surface area (Å²) in [6, 6.07) is 5.86. The van der Waals surface area contributed by atoms with Gasteiger partial charge in [-0.25, -0.2) is 4.99 Å². The van der Waals surface area contributed by atoms with E-state index in [2.05, 4.69) is 15.6 Å². The van der Waals surface area contributed by atoms with Crippen molar-refractivity contribution in [2.75, 3.05) is 19.9 Å². The van der Waals surface area contributed by atoms with Crippen LogP contribution >= 0.6 is 24.0 Å². The Morgan fingerprint density at radius 1 is 1.21 bits per heavy atom. The number of halogens is 1. The molecule has 0 saturated heterocycles. The van der Waals surface area contributed by atoms with Gasteiger partial charge in [0.05, 0.1) is 12.1 Å². The normalized spacial score (nSPS) is 18.2. The van der Waals surface area contributed by atoms with E-state index in [9.17, 15) is 5.11 Å². The Morgan fingerprint density at radius 3 is 2.71 bits per heavy atom. The van der Waals surface area contributed by atoms with Gasteiger partial charge in [0.15, 0.2) is 17.5 Å². The summed E-state index contributed by atoms with van der Waals surface area (Å²) in [5.41, 5.74) is 0.473. The van der Waals surface area contributed by atoms with E-state index in [1.54, 1.807) is 0 Å². The summed E-state index contributed by atoms with van der Waals surface area (Å²) in [5, 5.41) is 16.9. The highest BCUT2D eigenvalue weighted by Crippen LogP contribution is 2.32. The van der Waals surface area contributed by atoms with Gasteiger partial charge < -0.3 is 25.2 Å². The molecule has 3 rings (SSSR count). The molecule has 6 nitrogen and oxygen atoms in total. The van der Waals surface area contributed by atoms with E-state index in [1.807, 2.05) is 25.1 Å². The van der Waals surface area contributed by atoms with E-state index in [1.165, 1.54) is 0 Å². The van der Waals surface area contributed by atoms with Gasteiger partial charge >= 0.3 is 0 Å². The summed E-state index contributed by atoms with van der Waals surface area (Å²) in [4.78, 5) is 4.59. The molecule has 0 amide bonds. The van der Waals surface area contributed by atoms with Crippen LogP contribution in [0.5, 0.6) is 11.5 Å². The van der Waals surface area contributed by atoms with Crippen LogP contribution in [-0.4, -0.2) is 36.5 Å². The van der Waals surface area contributed by atoms with Crippen molar-refractivity contribution in [3.05, 3.63) is 23.8 Å². The third-order valence-electron chi connectivity index (χ3n) is 4.32. The lowest BCUT2D eigenvalue weighted by Gasteiger charge is -2.23. The van der Waals surface area contributed by atoms with Crippen LogP contribution in [0.3, 0.4) is 0 Å². The smallest absolute Gasteiger partial charge is 0.231 e. The Labute approximate surface area is 160 Å². The fourth-order valence-corrected chi connectivity index (χ4v) is 3.01. The van der Waals surface area contributed by atoms with Crippen molar-refractivity contribution < 1.29 is 14.6 Å². The Hall–Kier alpha value is -1.22. The highest BCUT2D eigenvalue weighted by Gasteiger charge is 2.30. The van der Waals surface area contributed by atoms with Crippen molar-refractivity contribution in [2.45, 2.75) is 44.8 Å². The largest absolute Gasteiger partial charge is 0.454 e. The molecule has 1 saturated carbocycles. The van der Waals surface area contributed by atoms with Crippen LogP contribution in [0.2, 0.25) is 0 Å². The van der Waals surface area contributed by atoms with Crippen molar-refractivity contribution >= 4 is 29.9 Å². The minimum Gasteiger partial charge on any atom is -0.454 e. The lowest BCUT2D eigenvalue weighted by Crippen LogP contribution is -2.46. The number of aliphatic imine (C=N–C) groups is 1. The molecule has 3 N–H and O–H groups in total.